The van der Waals surface area contributed by atoms with Gasteiger partial charge >= 0.3 is 0 Å². The van der Waals surface area contributed by atoms with E-state index in [1.165, 1.54) is 4.90 Å². The summed E-state index contributed by atoms with van der Waals surface area (Å²) in [6.45, 7) is 8.91. The molecule has 0 heterocycles. The molecule has 0 aliphatic carbocycles. The van der Waals surface area contributed by atoms with Crippen LogP contribution in [-0.4, -0.2) is 50.0 Å². The summed E-state index contributed by atoms with van der Waals surface area (Å²) in [5, 5.41) is 2.83. The van der Waals surface area contributed by atoms with Crippen LogP contribution in [0.5, 0.6) is 0 Å². The molecule has 1 N–H and O–H groups in total. The Morgan fingerprint density at radius 3 is 2.09 bits per heavy atom. The maximum Gasteiger partial charge on any atom is 0.244 e. The summed E-state index contributed by atoms with van der Waals surface area (Å²) < 4.78 is 26.2. The average Bonchev–Trinajstić information content (AvgIpc) is 2.70. The van der Waals surface area contributed by atoms with Crippen molar-refractivity contribution >= 4 is 27.5 Å². The van der Waals surface area contributed by atoms with Crippen molar-refractivity contribution in [3.05, 3.63) is 65.2 Å². The Hall–Kier alpha value is -2.87. The number of para-hydroxylation sites is 1. The minimum absolute atomic E-state index is 0.0826. The fraction of sp³-hybridized carbons (Fsp3) is 0.417. The predicted molar refractivity (Wildman–Crippen MR) is 128 cm³/mol. The third kappa shape index (κ3) is 6.82. The van der Waals surface area contributed by atoms with Crippen molar-refractivity contribution in [2.75, 3.05) is 17.1 Å². The third-order valence-electron chi connectivity index (χ3n) is 5.14. The second-order valence-corrected chi connectivity index (χ2v) is 10.3. The molecule has 0 spiro atoms. The second-order valence-electron chi connectivity index (χ2n) is 8.40. The number of rotatable bonds is 9. The van der Waals surface area contributed by atoms with E-state index in [4.69, 9.17) is 0 Å². The molecular weight excluding hydrogens is 426 g/mol. The van der Waals surface area contributed by atoms with Crippen LogP contribution in [0.25, 0.3) is 0 Å². The Morgan fingerprint density at radius 1 is 0.969 bits per heavy atom. The Kier molecular flexibility index (Phi) is 8.44. The maximum atomic E-state index is 13.4. The van der Waals surface area contributed by atoms with Crippen LogP contribution in [0, 0.1) is 13.8 Å². The highest BCUT2D eigenvalue weighted by atomic mass is 32.2. The highest BCUT2D eigenvalue weighted by molar-refractivity contribution is 7.92. The second kappa shape index (κ2) is 10.6. The van der Waals surface area contributed by atoms with Crippen LogP contribution in [0.3, 0.4) is 0 Å². The van der Waals surface area contributed by atoms with Gasteiger partial charge in [0.15, 0.2) is 0 Å². The molecule has 0 unspecified atom stereocenters. The number of anilines is 1. The van der Waals surface area contributed by atoms with Gasteiger partial charge in [-0.05, 0) is 51.8 Å². The van der Waals surface area contributed by atoms with Crippen molar-refractivity contribution in [2.45, 2.75) is 53.2 Å². The first-order valence-corrected chi connectivity index (χ1v) is 12.4. The molecule has 0 aliphatic heterocycles. The van der Waals surface area contributed by atoms with Crippen LogP contribution >= 0.6 is 0 Å². The zero-order valence-electron chi connectivity index (χ0n) is 19.6. The van der Waals surface area contributed by atoms with Gasteiger partial charge in [0.25, 0.3) is 0 Å². The van der Waals surface area contributed by atoms with Gasteiger partial charge in [0.2, 0.25) is 21.8 Å². The summed E-state index contributed by atoms with van der Waals surface area (Å²) in [4.78, 5) is 27.6. The first-order chi connectivity index (χ1) is 14.9. The Bertz CT molecular complexity index is 1050. The van der Waals surface area contributed by atoms with E-state index in [0.29, 0.717) is 5.69 Å². The van der Waals surface area contributed by atoms with Crippen LogP contribution < -0.4 is 9.62 Å². The van der Waals surface area contributed by atoms with Crippen LogP contribution in [0.2, 0.25) is 0 Å². The van der Waals surface area contributed by atoms with E-state index >= 15 is 0 Å². The molecule has 2 aromatic rings. The normalized spacial score (nSPS) is 12.3. The highest BCUT2D eigenvalue weighted by Gasteiger charge is 2.30. The number of aryl methyl sites for hydroxylation is 2. The number of sulfonamides is 1. The van der Waals surface area contributed by atoms with Crippen LogP contribution in [0.15, 0.2) is 48.5 Å². The van der Waals surface area contributed by atoms with Crippen molar-refractivity contribution in [1.29, 1.82) is 0 Å². The van der Waals surface area contributed by atoms with Crippen molar-refractivity contribution < 1.29 is 18.0 Å². The summed E-state index contributed by atoms with van der Waals surface area (Å²) in [6, 6.07) is 13.8. The van der Waals surface area contributed by atoms with Gasteiger partial charge in [-0.3, -0.25) is 13.9 Å². The lowest BCUT2D eigenvalue weighted by atomic mass is 10.1. The molecule has 2 rings (SSSR count). The van der Waals surface area contributed by atoms with E-state index in [1.54, 1.807) is 32.0 Å². The standard InChI is InChI=1S/C24H33N3O4S/c1-17(2)25-24(29)20(5)26(15-21-13-11-18(3)12-14-21)23(28)16-27(32(6,30)31)22-10-8-7-9-19(22)4/h7-14,17,20H,15-16H2,1-6H3,(H,25,29)/t20-/m1/s1. The number of benzene rings is 2. The van der Waals surface area contributed by atoms with Gasteiger partial charge in [-0.1, -0.05) is 48.0 Å². The van der Waals surface area contributed by atoms with E-state index in [0.717, 1.165) is 27.3 Å². The molecule has 174 valence electrons. The van der Waals surface area contributed by atoms with Crippen LogP contribution in [-0.2, 0) is 26.2 Å². The molecule has 0 aliphatic rings. The number of nitrogens with one attached hydrogen (secondary N) is 1. The fourth-order valence-electron chi connectivity index (χ4n) is 3.32. The average molecular weight is 460 g/mol. The van der Waals surface area contributed by atoms with E-state index in [-0.39, 0.29) is 18.5 Å². The summed E-state index contributed by atoms with van der Waals surface area (Å²) in [7, 11) is -3.73. The minimum Gasteiger partial charge on any atom is -0.352 e. The third-order valence-corrected chi connectivity index (χ3v) is 6.26. The number of amides is 2. The van der Waals surface area contributed by atoms with Gasteiger partial charge in [-0.25, -0.2) is 8.42 Å². The number of carbonyl (C=O) groups excluding carboxylic acids is 2. The van der Waals surface area contributed by atoms with Gasteiger partial charge in [0, 0.05) is 12.6 Å². The van der Waals surface area contributed by atoms with Gasteiger partial charge in [-0.2, -0.15) is 0 Å². The lowest BCUT2D eigenvalue weighted by molar-refractivity contribution is -0.139. The van der Waals surface area contributed by atoms with Gasteiger partial charge < -0.3 is 10.2 Å². The number of hydrogen-bond donors (Lipinski definition) is 1. The molecule has 0 saturated carbocycles. The quantitative estimate of drug-likeness (QED) is 0.625. The lowest BCUT2D eigenvalue weighted by Gasteiger charge is -2.32. The summed E-state index contributed by atoms with van der Waals surface area (Å²) >= 11 is 0. The van der Waals surface area contributed by atoms with Gasteiger partial charge in [-0.15, -0.1) is 0 Å². The molecule has 1 atom stereocenters. The van der Waals surface area contributed by atoms with Crippen molar-refractivity contribution in [1.82, 2.24) is 10.2 Å². The van der Waals surface area contributed by atoms with Crippen LogP contribution in [0.1, 0.15) is 37.5 Å². The molecule has 8 heteroatoms. The van der Waals surface area contributed by atoms with Crippen molar-refractivity contribution in [3.8, 4) is 0 Å². The maximum absolute atomic E-state index is 13.4. The number of carbonyl (C=O) groups is 2. The van der Waals surface area contributed by atoms with Crippen molar-refractivity contribution in [2.24, 2.45) is 0 Å². The molecule has 2 amide bonds. The predicted octanol–water partition coefficient (Wildman–Crippen LogP) is 3.01. The van der Waals surface area contributed by atoms with Crippen molar-refractivity contribution in [3.63, 3.8) is 0 Å². The summed E-state index contributed by atoms with van der Waals surface area (Å²) in [5.74, 6) is -0.743. The first kappa shape index (κ1) is 25.4. The fourth-order valence-corrected chi connectivity index (χ4v) is 4.22. The summed E-state index contributed by atoms with van der Waals surface area (Å²) in [5.41, 5.74) is 3.12. The smallest absolute Gasteiger partial charge is 0.244 e. The van der Waals surface area contributed by atoms with E-state index in [2.05, 4.69) is 5.32 Å². The molecule has 0 fully saturated rings. The summed E-state index contributed by atoms with van der Waals surface area (Å²) in [6.07, 6.45) is 1.08. The topological polar surface area (TPSA) is 86.8 Å². The molecule has 0 aromatic heterocycles. The molecule has 32 heavy (non-hydrogen) atoms. The van der Waals surface area contributed by atoms with E-state index < -0.39 is 28.5 Å². The molecule has 0 radical (unpaired) electrons. The first-order valence-electron chi connectivity index (χ1n) is 10.6. The molecule has 2 aromatic carbocycles. The number of nitrogens with zero attached hydrogens (tertiary/aromatic N) is 2. The number of hydrogen-bond acceptors (Lipinski definition) is 4. The molecular formula is C24H33N3O4S. The lowest BCUT2D eigenvalue weighted by Crippen LogP contribution is -2.52. The SMILES string of the molecule is Cc1ccc(CN(C(=O)CN(c2ccccc2C)S(C)(=O)=O)[C@H](C)C(=O)NC(C)C)cc1. The zero-order chi connectivity index (χ0) is 24.1. The molecule has 0 saturated heterocycles. The molecule has 0 bridgehead atoms. The zero-order valence-corrected chi connectivity index (χ0v) is 20.4. The monoisotopic (exact) mass is 459 g/mol. The minimum atomic E-state index is -3.73. The Morgan fingerprint density at radius 2 is 1.56 bits per heavy atom. The van der Waals surface area contributed by atoms with Gasteiger partial charge in [0.1, 0.15) is 12.6 Å². The van der Waals surface area contributed by atoms with Crippen LogP contribution in [0.4, 0.5) is 5.69 Å². The highest BCUT2D eigenvalue weighted by Crippen LogP contribution is 2.23. The van der Waals surface area contributed by atoms with E-state index in [9.17, 15) is 18.0 Å². The Labute approximate surface area is 191 Å². The largest absolute Gasteiger partial charge is 0.352 e. The van der Waals surface area contributed by atoms with E-state index in [1.807, 2.05) is 51.1 Å². The van der Waals surface area contributed by atoms with Gasteiger partial charge in [0.05, 0.1) is 11.9 Å². The molecule has 7 nitrogen and oxygen atoms in total. The Balaban J connectivity index is 2.39.